The Kier molecular flexibility index (Phi) is 10.1. The summed E-state index contributed by atoms with van der Waals surface area (Å²) in [6.07, 6.45) is -2.27. The number of likely N-dealkylation sites (tertiary alicyclic amines) is 1. The average molecular weight is 566 g/mol. The van der Waals surface area contributed by atoms with E-state index >= 15 is 0 Å². The Labute approximate surface area is 201 Å². The second-order valence-corrected chi connectivity index (χ2v) is 7.98. The number of nitrogens with zero attached hydrogens (tertiary/aromatic N) is 4. The van der Waals surface area contributed by atoms with Crippen LogP contribution >= 0.6 is 35.7 Å². The Morgan fingerprint density at radius 2 is 2.00 bits per heavy atom. The highest BCUT2D eigenvalue weighted by atomic mass is 127. The molecule has 170 valence electrons. The third kappa shape index (κ3) is 8.02. The summed E-state index contributed by atoms with van der Waals surface area (Å²) >= 11 is 1.87. The largest absolute Gasteiger partial charge is 0.433 e. The summed E-state index contributed by atoms with van der Waals surface area (Å²) in [5.41, 5.74) is -0.958. The van der Waals surface area contributed by atoms with Crippen molar-refractivity contribution in [1.82, 2.24) is 20.2 Å². The maximum Gasteiger partial charge on any atom is 0.433 e. The number of hydrogen-bond donors (Lipinski definition) is 2. The van der Waals surface area contributed by atoms with Gasteiger partial charge in [0.05, 0.1) is 0 Å². The van der Waals surface area contributed by atoms with Gasteiger partial charge in [0, 0.05) is 50.1 Å². The molecule has 1 atom stereocenters. The number of hydrogen-bond acceptors (Lipinski definition) is 5. The number of thioether (sulfide) groups is 1. The van der Waals surface area contributed by atoms with Gasteiger partial charge in [0.15, 0.2) is 5.96 Å². The van der Waals surface area contributed by atoms with Gasteiger partial charge in [-0.25, -0.2) is 9.97 Å². The fraction of sp³-hybridized carbons (Fsp3) is 0.450. The molecule has 0 bridgehead atoms. The summed E-state index contributed by atoms with van der Waals surface area (Å²) in [5, 5.41) is 6.06. The first-order valence-electron chi connectivity index (χ1n) is 9.73. The molecule has 1 unspecified atom stereocenters. The van der Waals surface area contributed by atoms with Crippen molar-refractivity contribution < 1.29 is 13.2 Å². The van der Waals surface area contributed by atoms with Gasteiger partial charge in [-0.05, 0) is 30.5 Å². The lowest BCUT2D eigenvalue weighted by Gasteiger charge is -2.21. The van der Waals surface area contributed by atoms with Gasteiger partial charge >= 0.3 is 6.18 Å². The van der Waals surface area contributed by atoms with E-state index < -0.39 is 11.9 Å². The molecule has 0 saturated carbocycles. The molecule has 2 heterocycles. The number of nitrogens with one attached hydrogen (secondary N) is 2. The van der Waals surface area contributed by atoms with Gasteiger partial charge in [-0.2, -0.15) is 13.2 Å². The summed E-state index contributed by atoms with van der Waals surface area (Å²) < 4.78 is 38.1. The second-order valence-electron chi connectivity index (χ2n) is 6.89. The third-order valence-electron chi connectivity index (χ3n) is 4.66. The van der Waals surface area contributed by atoms with Crippen LogP contribution in [0, 0.1) is 5.92 Å². The minimum absolute atomic E-state index is 0. The molecule has 6 nitrogen and oxygen atoms in total. The molecule has 2 aromatic rings. The molecule has 31 heavy (non-hydrogen) atoms. The smallest absolute Gasteiger partial charge is 0.354 e. The zero-order valence-corrected chi connectivity index (χ0v) is 20.2. The fourth-order valence-corrected chi connectivity index (χ4v) is 4.22. The second kappa shape index (κ2) is 12.3. The number of halogens is 4. The molecule has 1 aliphatic heterocycles. The number of alkyl halides is 3. The third-order valence-corrected chi connectivity index (χ3v) is 5.91. The van der Waals surface area contributed by atoms with Crippen LogP contribution in [0.5, 0.6) is 0 Å². The van der Waals surface area contributed by atoms with E-state index in [2.05, 4.69) is 42.6 Å². The highest BCUT2D eigenvalue weighted by molar-refractivity contribution is 14.0. The molecule has 0 amide bonds. The first kappa shape index (κ1) is 25.5. The Balaban J connectivity index is 0.00000341. The fourth-order valence-electron chi connectivity index (χ4n) is 3.17. The molecule has 1 aromatic carbocycles. The molecule has 1 aliphatic rings. The maximum atomic E-state index is 12.7. The first-order chi connectivity index (χ1) is 14.5. The normalized spacial score (nSPS) is 16.7. The maximum absolute atomic E-state index is 12.7. The van der Waals surface area contributed by atoms with Crippen molar-refractivity contribution in [2.24, 2.45) is 10.9 Å². The Morgan fingerprint density at radius 1 is 1.23 bits per heavy atom. The SMILES string of the molecule is CN=C(NCCNc1nccc(C(F)(F)F)n1)N1CCC(CSc2ccccc2)C1.I. The Morgan fingerprint density at radius 3 is 2.71 bits per heavy atom. The topological polar surface area (TPSA) is 65.4 Å². The van der Waals surface area contributed by atoms with E-state index in [1.165, 1.54) is 4.90 Å². The number of aromatic nitrogens is 2. The summed E-state index contributed by atoms with van der Waals surface area (Å²) in [7, 11) is 1.73. The van der Waals surface area contributed by atoms with Gasteiger partial charge in [-0.3, -0.25) is 4.99 Å². The van der Waals surface area contributed by atoms with E-state index in [1.807, 2.05) is 30.0 Å². The highest BCUT2D eigenvalue weighted by Crippen LogP contribution is 2.27. The molecular formula is C20H26F3IN6S. The lowest BCUT2D eigenvalue weighted by atomic mass is 10.2. The van der Waals surface area contributed by atoms with E-state index in [-0.39, 0.29) is 29.9 Å². The van der Waals surface area contributed by atoms with Crippen molar-refractivity contribution >= 4 is 47.6 Å². The van der Waals surface area contributed by atoms with Crippen LogP contribution in [-0.2, 0) is 6.18 Å². The van der Waals surface area contributed by atoms with Crippen LogP contribution in [0.2, 0.25) is 0 Å². The van der Waals surface area contributed by atoms with Gasteiger partial charge in [-0.15, -0.1) is 35.7 Å². The average Bonchev–Trinajstić information content (AvgIpc) is 3.21. The van der Waals surface area contributed by atoms with E-state index in [0.717, 1.165) is 43.5 Å². The lowest BCUT2D eigenvalue weighted by Crippen LogP contribution is -2.42. The van der Waals surface area contributed by atoms with E-state index in [4.69, 9.17) is 0 Å². The zero-order valence-electron chi connectivity index (χ0n) is 17.1. The van der Waals surface area contributed by atoms with Crippen LogP contribution in [-0.4, -0.2) is 59.8 Å². The minimum Gasteiger partial charge on any atom is -0.354 e. The first-order valence-corrected chi connectivity index (χ1v) is 10.7. The standard InChI is InChI=1S/C20H25F3N6S.HI/c1-24-19(27-11-10-26-18-25-9-7-17(28-18)20(21,22)23)29-12-8-15(13-29)14-30-16-5-3-2-4-6-16;/h2-7,9,15H,8,10-14H2,1H3,(H,24,27)(H,25,26,28);1H. The van der Waals surface area contributed by atoms with Gasteiger partial charge in [-0.1, -0.05) is 18.2 Å². The molecule has 11 heteroatoms. The van der Waals surface area contributed by atoms with Crippen molar-refractivity contribution in [3.63, 3.8) is 0 Å². The monoisotopic (exact) mass is 566 g/mol. The molecule has 1 fully saturated rings. The number of rotatable bonds is 7. The molecule has 1 saturated heterocycles. The van der Waals surface area contributed by atoms with Crippen LogP contribution in [0.25, 0.3) is 0 Å². The van der Waals surface area contributed by atoms with Crippen LogP contribution in [0.1, 0.15) is 12.1 Å². The molecule has 0 radical (unpaired) electrons. The molecular weight excluding hydrogens is 540 g/mol. The van der Waals surface area contributed by atoms with Gasteiger partial charge in [0.25, 0.3) is 0 Å². The van der Waals surface area contributed by atoms with Gasteiger partial charge in [0.1, 0.15) is 5.69 Å². The van der Waals surface area contributed by atoms with Crippen LogP contribution in [0.4, 0.5) is 19.1 Å². The number of aliphatic imine (C=N–C) groups is 1. The highest BCUT2D eigenvalue weighted by Gasteiger charge is 2.32. The molecule has 2 N–H and O–H groups in total. The van der Waals surface area contributed by atoms with Crippen LogP contribution < -0.4 is 10.6 Å². The van der Waals surface area contributed by atoms with Crippen molar-refractivity contribution in [2.45, 2.75) is 17.5 Å². The van der Waals surface area contributed by atoms with Crippen LogP contribution in [0.15, 0.2) is 52.5 Å². The van der Waals surface area contributed by atoms with Gasteiger partial charge in [0.2, 0.25) is 5.95 Å². The molecule has 1 aromatic heterocycles. The Bertz CT molecular complexity index is 837. The van der Waals surface area contributed by atoms with Crippen molar-refractivity contribution in [3.8, 4) is 0 Å². The summed E-state index contributed by atoms with van der Waals surface area (Å²) in [4.78, 5) is 15.2. The number of guanidine groups is 1. The molecule has 0 spiro atoms. The van der Waals surface area contributed by atoms with Gasteiger partial charge < -0.3 is 15.5 Å². The van der Waals surface area contributed by atoms with E-state index in [9.17, 15) is 13.2 Å². The zero-order chi connectivity index (χ0) is 21.4. The quantitative estimate of drug-likeness (QED) is 0.172. The molecule has 0 aliphatic carbocycles. The van der Waals surface area contributed by atoms with Crippen molar-refractivity contribution in [3.05, 3.63) is 48.3 Å². The summed E-state index contributed by atoms with van der Waals surface area (Å²) in [6.45, 7) is 2.74. The lowest BCUT2D eigenvalue weighted by molar-refractivity contribution is -0.141. The number of anilines is 1. The predicted octanol–water partition coefficient (Wildman–Crippen LogP) is 4.21. The van der Waals surface area contributed by atoms with Crippen molar-refractivity contribution in [2.75, 3.05) is 44.3 Å². The summed E-state index contributed by atoms with van der Waals surface area (Å²) in [6, 6.07) is 11.2. The van der Waals surface area contributed by atoms with Crippen molar-refractivity contribution in [1.29, 1.82) is 0 Å². The number of benzene rings is 1. The minimum atomic E-state index is -4.48. The van der Waals surface area contributed by atoms with E-state index in [0.29, 0.717) is 19.0 Å². The Hall–Kier alpha value is -1.76. The van der Waals surface area contributed by atoms with E-state index in [1.54, 1.807) is 7.05 Å². The summed E-state index contributed by atoms with van der Waals surface area (Å²) in [5.74, 6) is 2.41. The van der Waals surface area contributed by atoms with Crippen LogP contribution in [0.3, 0.4) is 0 Å². The predicted molar refractivity (Wildman–Crippen MR) is 129 cm³/mol. The molecule has 3 rings (SSSR count).